The first kappa shape index (κ1) is 51.2. The van der Waals surface area contributed by atoms with Crippen molar-refractivity contribution in [2.75, 3.05) is 26.4 Å². The third-order valence-electron chi connectivity index (χ3n) is 11.4. The minimum absolute atomic E-state index is 0.0847. The van der Waals surface area contributed by atoms with Crippen LogP contribution in [0.5, 0.6) is 0 Å². The Morgan fingerprint density at radius 2 is 1.48 bits per heavy atom. The SMILES string of the molecule is C=C1NCC(=O)N[C@@H]([C@@H](O)c2ccccc2)c2nc(cs2)-c2nc(cs2)-c2nc(-c3nc(N)cs3)ccc2-c2nc(cs2)C(=O)N[C@@H](CC(=O)NC)c2nc(c(C)s2)C(=O)N[C@@H](C(C)C)c2nc1c(COC)s2. The van der Waals surface area contributed by atoms with Crippen molar-refractivity contribution in [3.63, 3.8) is 0 Å². The van der Waals surface area contributed by atoms with E-state index in [1.54, 1.807) is 43.0 Å². The fraction of sp³-hybridized carbons (Fsp3) is 0.271. The molecule has 8 heterocycles. The summed E-state index contributed by atoms with van der Waals surface area (Å²) in [5.74, 6) is -1.63. The number of aliphatic hydroxyl groups is 1. The van der Waals surface area contributed by atoms with Crippen LogP contribution in [0.4, 0.5) is 5.82 Å². The quantitative estimate of drug-likeness (QED) is 0.0767. The molecule has 0 saturated heterocycles. The van der Waals surface area contributed by atoms with E-state index in [1.807, 2.05) is 48.9 Å². The van der Waals surface area contributed by atoms with E-state index >= 15 is 0 Å². The zero-order chi connectivity index (χ0) is 51.5. The molecule has 8 aromatic rings. The number of hydrogen-bond donors (Lipinski definition) is 7. The first-order valence-electron chi connectivity index (χ1n) is 22.5. The van der Waals surface area contributed by atoms with E-state index in [0.29, 0.717) is 90.9 Å². The smallest absolute Gasteiger partial charge is 0.271 e. The van der Waals surface area contributed by atoms with E-state index in [-0.39, 0.29) is 42.8 Å². The van der Waals surface area contributed by atoms with Gasteiger partial charge in [-0.25, -0.2) is 34.9 Å². The second-order valence-electron chi connectivity index (χ2n) is 16.9. The Labute approximate surface area is 442 Å². The summed E-state index contributed by atoms with van der Waals surface area (Å²) >= 11 is 7.70. The van der Waals surface area contributed by atoms with E-state index in [9.17, 15) is 24.3 Å². The Kier molecular flexibility index (Phi) is 15.6. The van der Waals surface area contributed by atoms with Gasteiger partial charge in [0.1, 0.15) is 82.2 Å². The highest BCUT2D eigenvalue weighted by molar-refractivity contribution is 7.15. The Morgan fingerprint density at radius 1 is 0.767 bits per heavy atom. The van der Waals surface area contributed by atoms with Crippen molar-refractivity contribution in [1.29, 1.82) is 0 Å². The highest BCUT2D eigenvalue weighted by Gasteiger charge is 2.32. The number of thiazole rings is 6. The minimum Gasteiger partial charge on any atom is -0.386 e. The number of ether oxygens (including phenoxy) is 1. The third kappa shape index (κ3) is 11.3. The second-order valence-corrected chi connectivity index (χ2v) is 22.7. The topological polar surface area (TPSA) is 274 Å². The Balaban J connectivity index is 1.13. The van der Waals surface area contributed by atoms with Crippen molar-refractivity contribution in [2.45, 2.75) is 58.0 Å². The van der Waals surface area contributed by atoms with Crippen LogP contribution < -0.4 is 32.3 Å². The number of rotatable bonds is 8. The van der Waals surface area contributed by atoms with Gasteiger partial charge in [-0.1, -0.05) is 50.8 Å². The molecular formula is C48H47N13O6S6. The molecule has 8 N–H and O–H groups in total. The van der Waals surface area contributed by atoms with Crippen LogP contribution in [0, 0.1) is 12.8 Å². The van der Waals surface area contributed by atoms with Gasteiger partial charge in [-0.15, -0.1) is 68.0 Å². The van der Waals surface area contributed by atoms with Crippen molar-refractivity contribution in [1.82, 2.24) is 61.5 Å². The molecule has 0 aliphatic carbocycles. The summed E-state index contributed by atoms with van der Waals surface area (Å²) in [5, 5.41) is 36.6. The number of benzene rings is 1. The highest BCUT2D eigenvalue weighted by Crippen LogP contribution is 2.40. The van der Waals surface area contributed by atoms with Crippen LogP contribution in [0.2, 0.25) is 0 Å². The normalized spacial score (nSPS) is 17.1. The van der Waals surface area contributed by atoms with Gasteiger partial charge in [0.2, 0.25) is 11.8 Å². The van der Waals surface area contributed by atoms with Crippen LogP contribution in [0.3, 0.4) is 0 Å². The van der Waals surface area contributed by atoms with Gasteiger partial charge in [0, 0.05) is 46.1 Å². The maximum atomic E-state index is 14.2. The predicted octanol–water partition coefficient (Wildman–Crippen LogP) is 7.72. The number of aryl methyl sites for hydroxylation is 1. The van der Waals surface area contributed by atoms with Crippen molar-refractivity contribution in [3.8, 4) is 43.4 Å². The summed E-state index contributed by atoms with van der Waals surface area (Å²) in [5.41, 5.74) is 10.2. The van der Waals surface area contributed by atoms with Crippen molar-refractivity contribution in [3.05, 3.63) is 118 Å². The van der Waals surface area contributed by atoms with Crippen LogP contribution in [0.25, 0.3) is 49.1 Å². The lowest BCUT2D eigenvalue weighted by Gasteiger charge is -2.23. The van der Waals surface area contributed by atoms with Crippen molar-refractivity contribution >= 4 is 103 Å². The van der Waals surface area contributed by atoms with Gasteiger partial charge in [0.15, 0.2) is 0 Å². The molecule has 4 atom stereocenters. The van der Waals surface area contributed by atoms with E-state index in [4.69, 9.17) is 40.4 Å². The molecule has 73 heavy (non-hydrogen) atoms. The van der Waals surface area contributed by atoms with Gasteiger partial charge >= 0.3 is 0 Å². The number of methoxy groups -OCH3 is 1. The summed E-state index contributed by atoms with van der Waals surface area (Å²) < 4.78 is 5.55. The molecule has 0 radical (unpaired) electrons. The fourth-order valence-corrected chi connectivity index (χ4v) is 13.2. The van der Waals surface area contributed by atoms with Gasteiger partial charge in [0.25, 0.3) is 11.8 Å². The Morgan fingerprint density at radius 3 is 2.22 bits per heavy atom. The number of hydrogen-bond acceptors (Lipinski definition) is 21. The fourth-order valence-electron chi connectivity index (χ4n) is 7.68. The number of nitrogen functional groups attached to an aromatic ring is 1. The lowest BCUT2D eigenvalue weighted by Crippen LogP contribution is -2.38. The molecule has 4 amide bonds. The lowest BCUT2D eigenvalue weighted by atomic mass is 10.0. The van der Waals surface area contributed by atoms with Crippen LogP contribution in [0.15, 0.2) is 70.6 Å². The molecule has 0 saturated carbocycles. The number of aromatic nitrogens is 7. The molecule has 7 aromatic heterocycles. The summed E-state index contributed by atoms with van der Waals surface area (Å²) in [6.45, 7) is 9.83. The number of carbonyl (C=O) groups is 4. The average molecular weight is 1090 g/mol. The minimum atomic E-state index is -1.18. The van der Waals surface area contributed by atoms with E-state index in [1.165, 1.54) is 75.1 Å². The first-order chi connectivity index (χ1) is 35.2. The van der Waals surface area contributed by atoms with Gasteiger partial charge in [-0.2, -0.15) is 0 Å². The van der Waals surface area contributed by atoms with Crippen molar-refractivity contribution < 1.29 is 29.0 Å². The number of fused-ring (bicyclic) bond motifs is 14. The molecule has 19 nitrogen and oxygen atoms in total. The zero-order valence-corrected chi connectivity index (χ0v) is 44.6. The van der Waals surface area contributed by atoms with Crippen LogP contribution in [0.1, 0.15) is 102 Å². The number of nitrogens with two attached hydrogens (primary N) is 1. The number of nitrogens with zero attached hydrogens (tertiary/aromatic N) is 7. The molecule has 10 bridgehead atoms. The molecule has 0 fully saturated rings. The van der Waals surface area contributed by atoms with E-state index < -0.39 is 42.0 Å². The number of nitrogens with one attached hydrogen (secondary N) is 5. The standard InChI is InChI=1S/C48H47N13O6S6/c1-21(2)35-48-60-36(31(73-48)16-67-6)22(3)51-15-34(63)58-39(40(64)24-10-8-7-9-11-24)47-56-30(19-70-47)45-54-28(17-69-45)38-25(12-13-26(52-38)44-57-32(49)20-71-44)43-55-29(18-68-43)41(65)53-27(14-33(62)50-5)46-61-37(23(4)72-46)42(66)59-35/h7-13,17-21,27,35,39-40,51,64H,3,14-16,49H2,1-2,4-6H3,(H,50,62)(H,53,65)(H,58,63)(H,59,66)/t27-,35-,39-,40-/m0/s1. The van der Waals surface area contributed by atoms with Crippen molar-refractivity contribution in [2.24, 2.45) is 5.92 Å². The molecule has 376 valence electrons. The number of amides is 4. The summed E-state index contributed by atoms with van der Waals surface area (Å²) in [6, 6.07) is 10.2. The second kappa shape index (κ2) is 22.2. The predicted molar refractivity (Wildman–Crippen MR) is 286 cm³/mol. The largest absolute Gasteiger partial charge is 0.386 e. The summed E-state index contributed by atoms with van der Waals surface area (Å²) in [4.78, 5) is 90.3. The lowest BCUT2D eigenvalue weighted by molar-refractivity contribution is -0.122. The summed E-state index contributed by atoms with van der Waals surface area (Å²) in [6.07, 6.45) is -1.34. The summed E-state index contributed by atoms with van der Waals surface area (Å²) in [7, 11) is 3.06. The highest BCUT2D eigenvalue weighted by atomic mass is 32.1. The van der Waals surface area contributed by atoms with E-state index in [0.717, 1.165) is 0 Å². The average Bonchev–Trinajstić information content (AvgIpc) is 4.26. The first-order valence-corrected chi connectivity index (χ1v) is 27.7. The Bertz CT molecular complexity index is 3340. The van der Waals surface area contributed by atoms with Gasteiger partial charge in [0.05, 0.1) is 47.9 Å². The van der Waals surface area contributed by atoms with Crippen LogP contribution in [-0.2, 0) is 20.9 Å². The zero-order valence-electron chi connectivity index (χ0n) is 39.7. The van der Waals surface area contributed by atoms with Gasteiger partial charge in [-0.3, -0.25) is 19.2 Å². The molecule has 1 aliphatic rings. The molecular weight excluding hydrogens is 1050 g/mol. The number of pyridine rings is 1. The number of anilines is 1. The molecule has 0 unspecified atom stereocenters. The maximum Gasteiger partial charge on any atom is 0.271 e. The van der Waals surface area contributed by atoms with E-state index in [2.05, 4.69) is 38.1 Å². The Hall–Kier alpha value is -6.71. The van der Waals surface area contributed by atoms with Crippen LogP contribution >= 0.6 is 68.0 Å². The van der Waals surface area contributed by atoms with Crippen LogP contribution in [-0.4, -0.2) is 84.3 Å². The molecule has 9 rings (SSSR count). The monoisotopic (exact) mass is 1090 g/mol. The van der Waals surface area contributed by atoms with Gasteiger partial charge in [-0.05, 0) is 30.5 Å². The molecule has 25 heteroatoms. The number of carbonyl (C=O) groups excluding carboxylic acids is 4. The van der Waals surface area contributed by atoms with Gasteiger partial charge < -0.3 is 42.2 Å². The molecule has 0 spiro atoms. The molecule has 1 aromatic carbocycles. The number of aliphatic hydroxyl groups excluding tert-OH is 1. The maximum absolute atomic E-state index is 14.2. The molecule has 1 aliphatic heterocycles. The third-order valence-corrected chi connectivity index (χ3v) is 17.1.